The molecule has 2 rings (SSSR count). The largest absolute Gasteiger partial charge is 0.477 e. The number of carbonyl (C=O) groups is 2. The minimum atomic E-state index is -1.04. The van der Waals surface area contributed by atoms with Gasteiger partial charge in [0.05, 0.1) is 5.69 Å². The molecule has 0 radical (unpaired) electrons. The first-order chi connectivity index (χ1) is 9.32. The summed E-state index contributed by atoms with van der Waals surface area (Å²) >= 11 is 0. The Labute approximate surface area is 117 Å². The van der Waals surface area contributed by atoms with E-state index in [9.17, 15) is 9.59 Å². The van der Waals surface area contributed by atoms with Gasteiger partial charge in [0.1, 0.15) is 5.82 Å². The highest BCUT2D eigenvalue weighted by molar-refractivity contribution is 5.85. The zero-order chi connectivity index (χ0) is 14.9. The van der Waals surface area contributed by atoms with E-state index in [1.807, 2.05) is 4.90 Å². The molecule has 6 nitrogen and oxygen atoms in total. The fourth-order valence-corrected chi connectivity index (χ4v) is 2.56. The van der Waals surface area contributed by atoms with Crippen molar-refractivity contribution < 1.29 is 14.7 Å². The van der Waals surface area contributed by atoms with Crippen LogP contribution in [0.15, 0.2) is 6.07 Å². The van der Waals surface area contributed by atoms with E-state index in [-0.39, 0.29) is 17.0 Å². The number of nitrogens with zero attached hydrogens (tertiary/aromatic N) is 3. The number of aryl methyl sites for hydroxylation is 1. The number of carbonyl (C=O) groups excluding carboxylic acids is 1. The predicted molar refractivity (Wildman–Crippen MR) is 72.6 cm³/mol. The van der Waals surface area contributed by atoms with Gasteiger partial charge in [-0.15, -0.1) is 0 Å². The van der Waals surface area contributed by atoms with Crippen molar-refractivity contribution in [3.05, 3.63) is 23.3 Å². The lowest BCUT2D eigenvalue weighted by Gasteiger charge is -2.38. The lowest BCUT2D eigenvalue weighted by molar-refractivity contribution is -0.130. The first kappa shape index (κ1) is 14.4. The molecule has 0 aliphatic carbocycles. The number of hydrogen-bond acceptors (Lipinski definition) is 4. The second-order valence-corrected chi connectivity index (χ2v) is 5.56. The summed E-state index contributed by atoms with van der Waals surface area (Å²) in [5.41, 5.74) is 0.581. The molecule has 1 aromatic rings. The number of likely N-dealkylation sites (tertiary alicyclic amines) is 1. The van der Waals surface area contributed by atoms with Crippen molar-refractivity contribution in [1.29, 1.82) is 0 Å². The second-order valence-electron chi connectivity index (χ2n) is 5.56. The third-order valence-electron chi connectivity index (χ3n) is 3.99. The molecule has 1 aliphatic heterocycles. The Kier molecular flexibility index (Phi) is 3.74. The molecule has 0 unspecified atom stereocenters. The van der Waals surface area contributed by atoms with Gasteiger partial charge in [-0.25, -0.2) is 14.8 Å². The molecular formula is C14H19N3O3. The topological polar surface area (TPSA) is 83.4 Å². The third kappa shape index (κ3) is 2.79. The summed E-state index contributed by atoms with van der Waals surface area (Å²) in [5, 5.41) is 9.09. The molecule has 1 saturated heterocycles. The van der Waals surface area contributed by atoms with E-state index in [1.54, 1.807) is 19.9 Å². The van der Waals surface area contributed by atoms with Gasteiger partial charge in [-0.1, -0.05) is 6.92 Å². The fourth-order valence-electron chi connectivity index (χ4n) is 2.56. The maximum atomic E-state index is 11.4. The summed E-state index contributed by atoms with van der Waals surface area (Å²) in [6.45, 7) is 6.69. The Bertz CT molecular complexity index is 549. The quantitative estimate of drug-likeness (QED) is 0.883. The van der Waals surface area contributed by atoms with Crippen LogP contribution in [-0.2, 0) is 10.2 Å². The molecule has 0 aromatic carbocycles. The van der Waals surface area contributed by atoms with E-state index in [0.717, 1.165) is 18.5 Å². The number of carboxylic acids is 1. The Balaban J connectivity index is 2.27. The van der Waals surface area contributed by atoms with Crippen LogP contribution in [0, 0.1) is 6.92 Å². The Morgan fingerprint density at radius 2 is 1.90 bits per heavy atom. The summed E-state index contributed by atoms with van der Waals surface area (Å²) in [4.78, 5) is 32.6. The van der Waals surface area contributed by atoms with Crippen LogP contribution in [0.2, 0.25) is 0 Å². The van der Waals surface area contributed by atoms with Crippen LogP contribution in [0.1, 0.15) is 48.7 Å². The van der Waals surface area contributed by atoms with Crippen molar-refractivity contribution in [2.24, 2.45) is 0 Å². The number of aromatic carboxylic acids is 1. The molecule has 6 heteroatoms. The van der Waals surface area contributed by atoms with E-state index < -0.39 is 5.97 Å². The maximum absolute atomic E-state index is 11.4. The maximum Gasteiger partial charge on any atom is 0.354 e. The lowest BCUT2D eigenvalue weighted by Crippen LogP contribution is -2.43. The van der Waals surface area contributed by atoms with Crippen LogP contribution in [0.4, 0.5) is 0 Å². The first-order valence-electron chi connectivity index (χ1n) is 6.67. The van der Waals surface area contributed by atoms with Gasteiger partial charge in [-0.05, 0) is 25.8 Å². The van der Waals surface area contributed by atoms with Crippen LogP contribution in [0.3, 0.4) is 0 Å². The molecule has 20 heavy (non-hydrogen) atoms. The smallest absolute Gasteiger partial charge is 0.354 e. The van der Waals surface area contributed by atoms with E-state index in [0.29, 0.717) is 18.9 Å². The van der Waals surface area contributed by atoms with Gasteiger partial charge in [-0.3, -0.25) is 4.79 Å². The molecule has 1 aromatic heterocycles. The highest BCUT2D eigenvalue weighted by Crippen LogP contribution is 2.34. The SMILES string of the molecule is CC(=O)N1CCC(C)(c2cc(C(=O)O)nc(C)n2)CC1. The predicted octanol–water partition coefficient (Wildman–Crippen LogP) is 1.38. The number of amides is 1. The molecule has 0 saturated carbocycles. The standard InChI is InChI=1S/C14H19N3O3/c1-9-15-11(13(19)20)8-12(16-9)14(3)4-6-17(7-5-14)10(2)18/h8H,4-7H2,1-3H3,(H,19,20). The second kappa shape index (κ2) is 5.19. The molecule has 1 amide bonds. The normalized spacial score (nSPS) is 17.9. The highest BCUT2D eigenvalue weighted by Gasteiger charge is 2.34. The molecule has 1 N–H and O–H groups in total. The average molecular weight is 277 g/mol. The molecule has 0 bridgehead atoms. The van der Waals surface area contributed by atoms with Crippen molar-refractivity contribution in [3.8, 4) is 0 Å². The van der Waals surface area contributed by atoms with E-state index in [2.05, 4.69) is 16.9 Å². The zero-order valence-corrected chi connectivity index (χ0v) is 12.0. The van der Waals surface area contributed by atoms with Crippen molar-refractivity contribution in [3.63, 3.8) is 0 Å². The zero-order valence-electron chi connectivity index (χ0n) is 12.0. The van der Waals surface area contributed by atoms with Gasteiger partial charge < -0.3 is 10.0 Å². The highest BCUT2D eigenvalue weighted by atomic mass is 16.4. The van der Waals surface area contributed by atoms with Crippen LogP contribution >= 0.6 is 0 Å². The minimum Gasteiger partial charge on any atom is -0.477 e. The minimum absolute atomic E-state index is 0.0303. The van der Waals surface area contributed by atoms with Crippen LogP contribution in [0.5, 0.6) is 0 Å². The summed E-state index contributed by atoms with van der Waals surface area (Å²) in [5.74, 6) is -0.492. The average Bonchev–Trinajstić information content (AvgIpc) is 2.38. The van der Waals surface area contributed by atoms with Crippen molar-refractivity contribution in [2.45, 2.75) is 39.0 Å². The Morgan fingerprint density at radius 3 is 2.40 bits per heavy atom. The number of piperidine rings is 1. The van der Waals surface area contributed by atoms with Crippen LogP contribution < -0.4 is 0 Å². The Hall–Kier alpha value is -1.98. The molecule has 1 aliphatic rings. The molecule has 108 valence electrons. The van der Waals surface area contributed by atoms with Crippen LogP contribution in [-0.4, -0.2) is 44.9 Å². The van der Waals surface area contributed by atoms with Crippen molar-refractivity contribution >= 4 is 11.9 Å². The van der Waals surface area contributed by atoms with Crippen LogP contribution in [0.25, 0.3) is 0 Å². The Morgan fingerprint density at radius 1 is 1.30 bits per heavy atom. The van der Waals surface area contributed by atoms with Gasteiger partial charge in [0, 0.05) is 25.4 Å². The number of hydrogen-bond donors (Lipinski definition) is 1. The van der Waals surface area contributed by atoms with Gasteiger partial charge in [-0.2, -0.15) is 0 Å². The van der Waals surface area contributed by atoms with E-state index >= 15 is 0 Å². The number of aromatic nitrogens is 2. The first-order valence-corrected chi connectivity index (χ1v) is 6.67. The van der Waals surface area contributed by atoms with E-state index in [1.165, 1.54) is 0 Å². The molecule has 0 spiro atoms. The van der Waals surface area contributed by atoms with Gasteiger partial charge in [0.15, 0.2) is 5.69 Å². The van der Waals surface area contributed by atoms with E-state index in [4.69, 9.17) is 5.11 Å². The van der Waals surface area contributed by atoms with Crippen molar-refractivity contribution in [2.75, 3.05) is 13.1 Å². The van der Waals surface area contributed by atoms with Crippen molar-refractivity contribution in [1.82, 2.24) is 14.9 Å². The lowest BCUT2D eigenvalue weighted by atomic mass is 9.77. The molecule has 2 heterocycles. The summed E-state index contributed by atoms with van der Waals surface area (Å²) in [6, 6.07) is 1.55. The fraction of sp³-hybridized carbons (Fsp3) is 0.571. The number of carboxylic acid groups (broad SMARTS) is 1. The van der Waals surface area contributed by atoms with Gasteiger partial charge in [0.2, 0.25) is 5.91 Å². The summed E-state index contributed by atoms with van der Waals surface area (Å²) < 4.78 is 0. The monoisotopic (exact) mass is 277 g/mol. The van der Waals surface area contributed by atoms with Gasteiger partial charge >= 0.3 is 5.97 Å². The third-order valence-corrected chi connectivity index (χ3v) is 3.99. The molecule has 1 fully saturated rings. The summed E-state index contributed by atoms with van der Waals surface area (Å²) in [7, 11) is 0. The number of rotatable bonds is 2. The molecule has 0 atom stereocenters. The molecular weight excluding hydrogens is 258 g/mol. The summed E-state index contributed by atoms with van der Waals surface area (Å²) in [6.07, 6.45) is 1.56. The van der Waals surface area contributed by atoms with Gasteiger partial charge in [0.25, 0.3) is 0 Å².